The Hall–Kier alpha value is -2.08. The maximum Gasteiger partial charge on any atom is 0.126 e. The van der Waals surface area contributed by atoms with Crippen molar-refractivity contribution in [2.75, 3.05) is 13.1 Å². The molecule has 5 heteroatoms. The van der Waals surface area contributed by atoms with E-state index >= 15 is 0 Å². The second kappa shape index (κ2) is 9.16. The lowest BCUT2D eigenvalue weighted by Crippen LogP contribution is -2.31. The van der Waals surface area contributed by atoms with Gasteiger partial charge < -0.3 is 5.11 Å². The number of likely N-dealkylation sites (tertiary alicyclic amines) is 1. The third kappa shape index (κ3) is 4.92. The average Bonchev–Trinajstić information content (AvgIpc) is 3.07. The third-order valence-electron chi connectivity index (χ3n) is 5.48. The van der Waals surface area contributed by atoms with Gasteiger partial charge >= 0.3 is 0 Å². The van der Waals surface area contributed by atoms with Crippen LogP contribution in [0.3, 0.4) is 0 Å². The van der Waals surface area contributed by atoms with Crippen LogP contribution >= 0.6 is 17.0 Å². The van der Waals surface area contributed by atoms with Gasteiger partial charge in [-0.15, -0.1) is 17.0 Å². The van der Waals surface area contributed by atoms with E-state index in [4.69, 9.17) is 0 Å². The van der Waals surface area contributed by atoms with Crippen molar-refractivity contribution in [3.05, 3.63) is 107 Å². The van der Waals surface area contributed by atoms with Gasteiger partial charge in [-0.3, -0.25) is 4.90 Å². The number of hydrogen-bond donors (Lipinski definition) is 1. The first kappa shape index (κ1) is 21.6. The van der Waals surface area contributed by atoms with E-state index in [1.807, 2.05) is 42.5 Å². The van der Waals surface area contributed by atoms with E-state index in [9.17, 15) is 13.9 Å². The molecule has 1 unspecified atom stereocenters. The smallest absolute Gasteiger partial charge is 0.126 e. The number of β-amino-alcohol motifs (C(OH)–C–C–N with tert-alkyl or cyclic N) is 1. The zero-order chi connectivity index (χ0) is 19.6. The molecule has 0 radical (unpaired) electrons. The molecule has 1 aliphatic rings. The number of nitrogens with zero attached hydrogens (tertiary/aromatic N) is 1. The molecule has 3 aromatic carbocycles. The molecule has 0 bridgehead atoms. The molecule has 1 N–H and O–H groups in total. The van der Waals surface area contributed by atoms with Crippen LogP contribution in [0.5, 0.6) is 0 Å². The minimum atomic E-state index is -0.991. The zero-order valence-electron chi connectivity index (χ0n) is 16.0. The molecule has 1 aliphatic heterocycles. The normalized spacial score (nSPS) is 19.1. The topological polar surface area (TPSA) is 23.5 Å². The molecule has 0 saturated carbocycles. The highest BCUT2D eigenvalue weighted by Crippen LogP contribution is 2.35. The zero-order valence-corrected chi connectivity index (χ0v) is 17.7. The van der Waals surface area contributed by atoms with Gasteiger partial charge in [-0.1, -0.05) is 54.6 Å². The lowest BCUT2D eigenvalue weighted by molar-refractivity contribution is 0.0445. The summed E-state index contributed by atoms with van der Waals surface area (Å²) in [6.07, 6.45) is 0.864. The summed E-state index contributed by atoms with van der Waals surface area (Å²) in [5, 5.41) is 11.4. The fourth-order valence-corrected chi connectivity index (χ4v) is 4.08. The molecular weight excluding hydrogens is 436 g/mol. The molecular formula is C24H24BrF2NO. The van der Waals surface area contributed by atoms with E-state index in [1.54, 1.807) is 0 Å². The van der Waals surface area contributed by atoms with Crippen LogP contribution in [0.15, 0.2) is 72.8 Å². The Labute approximate surface area is 180 Å². The Kier molecular flexibility index (Phi) is 6.83. The molecule has 4 rings (SSSR count). The molecule has 0 aliphatic carbocycles. The van der Waals surface area contributed by atoms with Crippen molar-refractivity contribution in [1.29, 1.82) is 0 Å². The number of hydrogen-bond acceptors (Lipinski definition) is 2. The van der Waals surface area contributed by atoms with Crippen molar-refractivity contribution in [3.63, 3.8) is 0 Å². The summed E-state index contributed by atoms with van der Waals surface area (Å²) in [5.74, 6) is -0.886. The predicted molar refractivity (Wildman–Crippen MR) is 116 cm³/mol. The largest absolute Gasteiger partial charge is 0.384 e. The molecule has 0 aromatic heterocycles. The third-order valence-corrected chi connectivity index (χ3v) is 5.48. The molecule has 1 fully saturated rings. The van der Waals surface area contributed by atoms with Crippen LogP contribution in [0, 0.1) is 11.6 Å². The van der Waals surface area contributed by atoms with Crippen molar-refractivity contribution in [2.24, 2.45) is 0 Å². The van der Waals surface area contributed by atoms with Gasteiger partial charge in [0, 0.05) is 26.1 Å². The predicted octanol–water partition coefficient (Wildman–Crippen LogP) is 5.23. The minimum Gasteiger partial charge on any atom is -0.384 e. The number of benzene rings is 3. The monoisotopic (exact) mass is 459 g/mol. The summed E-state index contributed by atoms with van der Waals surface area (Å²) in [7, 11) is 0. The Balaban J connectivity index is 0.00000240. The maximum atomic E-state index is 14.1. The van der Waals surface area contributed by atoms with Gasteiger partial charge in [-0.05, 0) is 46.9 Å². The van der Waals surface area contributed by atoms with E-state index < -0.39 is 17.2 Å². The van der Waals surface area contributed by atoms with Crippen molar-refractivity contribution in [2.45, 2.75) is 25.0 Å². The fourth-order valence-electron chi connectivity index (χ4n) is 4.08. The van der Waals surface area contributed by atoms with Gasteiger partial charge in [0.25, 0.3) is 0 Å². The summed E-state index contributed by atoms with van der Waals surface area (Å²) >= 11 is 0. The molecule has 1 atom stereocenters. The Morgan fingerprint density at radius 1 is 0.897 bits per heavy atom. The first-order chi connectivity index (χ1) is 13.5. The summed E-state index contributed by atoms with van der Waals surface area (Å²) in [4.78, 5) is 2.23. The first-order valence-electron chi connectivity index (χ1n) is 9.54. The highest BCUT2D eigenvalue weighted by Gasteiger charge is 2.38. The molecule has 152 valence electrons. The van der Waals surface area contributed by atoms with Crippen LogP contribution in [-0.2, 0) is 18.6 Å². The lowest BCUT2D eigenvalue weighted by atomic mass is 9.86. The Morgan fingerprint density at radius 2 is 1.62 bits per heavy atom. The van der Waals surface area contributed by atoms with E-state index in [-0.39, 0.29) is 23.4 Å². The molecule has 1 heterocycles. The highest BCUT2D eigenvalue weighted by atomic mass is 79.9. The van der Waals surface area contributed by atoms with Gasteiger partial charge in [0.2, 0.25) is 0 Å². The lowest BCUT2D eigenvalue weighted by Gasteiger charge is -2.27. The summed E-state index contributed by atoms with van der Waals surface area (Å²) in [6.45, 7) is 2.09. The maximum absolute atomic E-state index is 14.1. The average molecular weight is 460 g/mol. The summed E-state index contributed by atoms with van der Waals surface area (Å²) in [6, 6.07) is 21.2. The van der Waals surface area contributed by atoms with Gasteiger partial charge in [0.1, 0.15) is 17.2 Å². The van der Waals surface area contributed by atoms with Crippen LogP contribution < -0.4 is 0 Å². The second-order valence-electron chi connectivity index (χ2n) is 7.55. The Morgan fingerprint density at radius 3 is 2.41 bits per heavy atom. The van der Waals surface area contributed by atoms with E-state index in [2.05, 4.69) is 17.0 Å². The highest BCUT2D eigenvalue weighted by molar-refractivity contribution is 8.93. The molecule has 0 spiro atoms. The minimum absolute atomic E-state index is 0. The molecule has 3 aromatic rings. The van der Waals surface area contributed by atoms with E-state index in [0.717, 1.165) is 36.3 Å². The number of aliphatic hydroxyl groups is 1. The summed E-state index contributed by atoms with van der Waals surface area (Å²) in [5.41, 5.74) is 2.15. The van der Waals surface area contributed by atoms with Crippen LogP contribution in [0.4, 0.5) is 8.78 Å². The van der Waals surface area contributed by atoms with Crippen LogP contribution in [-0.4, -0.2) is 23.1 Å². The van der Waals surface area contributed by atoms with E-state index in [1.165, 1.54) is 11.6 Å². The second-order valence-corrected chi connectivity index (χ2v) is 7.55. The van der Waals surface area contributed by atoms with Crippen molar-refractivity contribution in [3.8, 4) is 0 Å². The number of halogens is 3. The standard InChI is InChI=1S/C24H23F2NO.BrH/c25-21-10-11-23(26)20(15-21)14-19-8-4-5-9-22(19)24(28)12-13-27(17-24)16-18-6-2-1-3-7-18;/h1-11,15,28H,12-14,16-17H2;1H. The van der Waals surface area contributed by atoms with Crippen molar-refractivity contribution >= 4 is 17.0 Å². The van der Waals surface area contributed by atoms with Crippen LogP contribution in [0.1, 0.15) is 28.7 Å². The first-order valence-corrected chi connectivity index (χ1v) is 9.54. The van der Waals surface area contributed by atoms with Crippen molar-refractivity contribution < 1.29 is 13.9 Å². The fraction of sp³-hybridized carbons (Fsp3) is 0.250. The Bertz CT molecular complexity index is 966. The molecule has 2 nitrogen and oxygen atoms in total. The van der Waals surface area contributed by atoms with Gasteiger partial charge in [-0.25, -0.2) is 8.78 Å². The van der Waals surface area contributed by atoms with Gasteiger partial charge in [0.05, 0.1) is 0 Å². The summed E-state index contributed by atoms with van der Waals surface area (Å²) < 4.78 is 27.7. The van der Waals surface area contributed by atoms with Gasteiger partial charge in [-0.2, -0.15) is 0 Å². The van der Waals surface area contributed by atoms with E-state index in [0.29, 0.717) is 18.5 Å². The molecule has 29 heavy (non-hydrogen) atoms. The van der Waals surface area contributed by atoms with Crippen LogP contribution in [0.25, 0.3) is 0 Å². The SMILES string of the molecule is Br.OC1(c2ccccc2Cc2cc(F)ccc2F)CCN(Cc2ccccc2)C1. The molecule has 1 saturated heterocycles. The van der Waals surface area contributed by atoms with Crippen LogP contribution in [0.2, 0.25) is 0 Å². The molecule has 0 amide bonds. The number of rotatable bonds is 5. The van der Waals surface area contributed by atoms with Crippen molar-refractivity contribution in [1.82, 2.24) is 4.90 Å². The quantitative estimate of drug-likeness (QED) is 0.564. The van der Waals surface area contributed by atoms with Gasteiger partial charge in [0.15, 0.2) is 0 Å².